The number of ether oxygens (including phenoxy) is 3. The van der Waals surface area contributed by atoms with Crippen molar-refractivity contribution in [3.8, 4) is 11.5 Å². The van der Waals surface area contributed by atoms with E-state index >= 15 is 0 Å². The first kappa shape index (κ1) is 15.6. The van der Waals surface area contributed by atoms with Crippen molar-refractivity contribution < 1.29 is 19.0 Å². The molecule has 1 aromatic carbocycles. The van der Waals surface area contributed by atoms with Crippen molar-refractivity contribution >= 4 is 5.91 Å². The number of amides is 1. The molecule has 0 aromatic heterocycles. The zero-order valence-corrected chi connectivity index (χ0v) is 12.6. The van der Waals surface area contributed by atoms with E-state index in [0.29, 0.717) is 31.3 Å². The number of hydrogen-bond donors (Lipinski definition) is 2. The molecule has 1 saturated heterocycles. The fraction of sp³-hybridized carbons (Fsp3) is 0.533. The number of nitrogens with one attached hydrogen (secondary N) is 1. The Labute approximate surface area is 124 Å². The van der Waals surface area contributed by atoms with Gasteiger partial charge in [0.2, 0.25) is 5.91 Å². The van der Waals surface area contributed by atoms with Gasteiger partial charge in [0.15, 0.2) is 0 Å². The van der Waals surface area contributed by atoms with Crippen LogP contribution < -0.4 is 20.5 Å². The fourth-order valence-electron chi connectivity index (χ4n) is 2.32. The Morgan fingerprint density at radius 2 is 2.24 bits per heavy atom. The van der Waals surface area contributed by atoms with Crippen molar-refractivity contribution in [3.05, 3.63) is 23.8 Å². The maximum Gasteiger partial charge on any atom is 0.230 e. The zero-order valence-electron chi connectivity index (χ0n) is 12.6. The molecule has 2 atom stereocenters. The monoisotopic (exact) mass is 294 g/mol. The second kappa shape index (κ2) is 6.32. The van der Waals surface area contributed by atoms with Crippen molar-refractivity contribution in [1.82, 2.24) is 5.32 Å². The lowest BCUT2D eigenvalue weighted by molar-refractivity contribution is -0.130. The molecule has 0 spiro atoms. The van der Waals surface area contributed by atoms with E-state index in [4.69, 9.17) is 19.9 Å². The van der Waals surface area contributed by atoms with Gasteiger partial charge in [0.1, 0.15) is 11.5 Å². The molecule has 116 valence electrons. The lowest BCUT2D eigenvalue weighted by atomic mass is 9.85. The Morgan fingerprint density at radius 3 is 2.81 bits per heavy atom. The van der Waals surface area contributed by atoms with Gasteiger partial charge in [-0.05, 0) is 25.1 Å². The van der Waals surface area contributed by atoms with Crippen molar-refractivity contribution in [2.75, 3.05) is 27.4 Å². The smallest absolute Gasteiger partial charge is 0.230 e. The molecule has 3 N–H and O–H groups in total. The SMILES string of the molecule is COc1ccc(OC)c(CNC(=O)C2(C)COCC2N)c1. The summed E-state index contributed by atoms with van der Waals surface area (Å²) in [6.45, 7) is 2.92. The molecular weight excluding hydrogens is 272 g/mol. The second-order valence-electron chi connectivity index (χ2n) is 5.40. The van der Waals surface area contributed by atoms with Crippen LogP contribution in [0.15, 0.2) is 18.2 Å². The minimum Gasteiger partial charge on any atom is -0.497 e. The maximum atomic E-state index is 12.4. The highest BCUT2D eigenvalue weighted by atomic mass is 16.5. The highest BCUT2D eigenvalue weighted by Crippen LogP contribution is 2.28. The average Bonchev–Trinajstić information content (AvgIpc) is 2.85. The molecule has 0 aliphatic carbocycles. The molecule has 2 unspecified atom stereocenters. The number of methoxy groups -OCH3 is 2. The molecule has 1 aliphatic heterocycles. The van der Waals surface area contributed by atoms with Gasteiger partial charge < -0.3 is 25.3 Å². The maximum absolute atomic E-state index is 12.4. The largest absolute Gasteiger partial charge is 0.497 e. The Balaban J connectivity index is 2.07. The summed E-state index contributed by atoms with van der Waals surface area (Å²) in [5, 5.41) is 2.90. The topological polar surface area (TPSA) is 82.8 Å². The van der Waals surface area contributed by atoms with E-state index in [1.54, 1.807) is 14.2 Å². The predicted octanol–water partition coefficient (Wildman–Crippen LogP) is 0.684. The molecule has 6 nitrogen and oxygen atoms in total. The fourth-order valence-corrected chi connectivity index (χ4v) is 2.32. The molecule has 21 heavy (non-hydrogen) atoms. The Morgan fingerprint density at radius 1 is 1.48 bits per heavy atom. The average molecular weight is 294 g/mol. The van der Waals surface area contributed by atoms with Crippen LogP contribution in [-0.4, -0.2) is 39.4 Å². The third-order valence-electron chi connectivity index (χ3n) is 3.96. The number of rotatable bonds is 5. The molecule has 1 aliphatic rings. The molecule has 1 heterocycles. The van der Waals surface area contributed by atoms with E-state index in [1.165, 1.54) is 0 Å². The molecule has 6 heteroatoms. The van der Waals surface area contributed by atoms with Crippen LogP contribution in [0.5, 0.6) is 11.5 Å². The molecule has 0 saturated carbocycles. The lowest BCUT2D eigenvalue weighted by Gasteiger charge is -2.25. The van der Waals surface area contributed by atoms with E-state index < -0.39 is 5.41 Å². The first-order valence-corrected chi connectivity index (χ1v) is 6.84. The minimum atomic E-state index is -0.688. The van der Waals surface area contributed by atoms with Gasteiger partial charge in [-0.2, -0.15) is 0 Å². The molecular formula is C15H22N2O4. The molecule has 2 rings (SSSR count). The van der Waals surface area contributed by atoms with Gasteiger partial charge in [0.05, 0.1) is 32.8 Å². The van der Waals surface area contributed by atoms with E-state index in [9.17, 15) is 4.79 Å². The van der Waals surface area contributed by atoms with Gasteiger partial charge >= 0.3 is 0 Å². The van der Waals surface area contributed by atoms with E-state index in [1.807, 2.05) is 25.1 Å². The normalized spacial score (nSPS) is 24.7. The van der Waals surface area contributed by atoms with Crippen LogP contribution in [0.1, 0.15) is 12.5 Å². The quantitative estimate of drug-likeness (QED) is 0.834. The van der Waals surface area contributed by atoms with Crippen LogP contribution in [0.3, 0.4) is 0 Å². The molecule has 1 amide bonds. The third-order valence-corrected chi connectivity index (χ3v) is 3.96. The molecule has 1 fully saturated rings. The number of carbonyl (C=O) groups excluding carboxylic acids is 1. The number of carbonyl (C=O) groups is 1. The van der Waals surface area contributed by atoms with Gasteiger partial charge in [-0.15, -0.1) is 0 Å². The van der Waals surface area contributed by atoms with E-state index in [2.05, 4.69) is 5.32 Å². The van der Waals surface area contributed by atoms with Crippen molar-refractivity contribution in [2.45, 2.75) is 19.5 Å². The van der Waals surface area contributed by atoms with Gasteiger partial charge in [-0.25, -0.2) is 0 Å². The van der Waals surface area contributed by atoms with Crippen LogP contribution in [-0.2, 0) is 16.1 Å². The molecule has 0 bridgehead atoms. The number of hydrogen-bond acceptors (Lipinski definition) is 5. The minimum absolute atomic E-state index is 0.114. The van der Waals surface area contributed by atoms with Gasteiger partial charge in [0.25, 0.3) is 0 Å². The van der Waals surface area contributed by atoms with Crippen LogP contribution in [0.2, 0.25) is 0 Å². The first-order valence-electron chi connectivity index (χ1n) is 6.84. The van der Waals surface area contributed by atoms with Crippen LogP contribution in [0.25, 0.3) is 0 Å². The van der Waals surface area contributed by atoms with E-state index in [-0.39, 0.29) is 11.9 Å². The van der Waals surface area contributed by atoms with Gasteiger partial charge in [0, 0.05) is 18.2 Å². The second-order valence-corrected chi connectivity index (χ2v) is 5.40. The number of benzene rings is 1. The van der Waals surface area contributed by atoms with Crippen molar-refractivity contribution in [3.63, 3.8) is 0 Å². The first-order chi connectivity index (χ1) is 10.0. The number of nitrogens with two attached hydrogens (primary N) is 1. The highest BCUT2D eigenvalue weighted by molar-refractivity contribution is 5.83. The highest BCUT2D eigenvalue weighted by Gasteiger charge is 2.44. The Bertz CT molecular complexity index is 520. The third kappa shape index (κ3) is 3.11. The summed E-state index contributed by atoms with van der Waals surface area (Å²) < 4.78 is 15.8. The Kier molecular flexibility index (Phi) is 4.69. The standard InChI is InChI=1S/C15H22N2O4/c1-15(9-21-8-13(15)16)14(18)17-7-10-6-11(19-2)4-5-12(10)20-3/h4-6,13H,7-9,16H2,1-3H3,(H,17,18). The molecule has 0 radical (unpaired) electrons. The van der Waals surface area contributed by atoms with Gasteiger partial charge in [-0.3, -0.25) is 4.79 Å². The zero-order chi connectivity index (χ0) is 15.5. The van der Waals surface area contributed by atoms with Crippen LogP contribution in [0.4, 0.5) is 0 Å². The lowest BCUT2D eigenvalue weighted by Crippen LogP contribution is -2.49. The summed E-state index contributed by atoms with van der Waals surface area (Å²) in [5.41, 5.74) is 6.11. The summed E-state index contributed by atoms with van der Waals surface area (Å²) >= 11 is 0. The summed E-state index contributed by atoms with van der Waals surface area (Å²) in [6, 6.07) is 5.18. The van der Waals surface area contributed by atoms with Crippen LogP contribution >= 0.6 is 0 Å². The molecule has 1 aromatic rings. The van der Waals surface area contributed by atoms with Crippen molar-refractivity contribution in [2.24, 2.45) is 11.1 Å². The Hall–Kier alpha value is -1.79. The predicted molar refractivity (Wildman–Crippen MR) is 78.3 cm³/mol. The summed E-state index contributed by atoms with van der Waals surface area (Å²) in [4.78, 5) is 12.4. The summed E-state index contributed by atoms with van der Waals surface area (Å²) in [5.74, 6) is 1.30. The van der Waals surface area contributed by atoms with Crippen LogP contribution in [0, 0.1) is 5.41 Å². The van der Waals surface area contributed by atoms with Crippen molar-refractivity contribution in [1.29, 1.82) is 0 Å². The van der Waals surface area contributed by atoms with Gasteiger partial charge in [-0.1, -0.05) is 0 Å². The summed E-state index contributed by atoms with van der Waals surface area (Å²) in [7, 11) is 3.19. The van der Waals surface area contributed by atoms with E-state index in [0.717, 1.165) is 5.56 Å². The summed E-state index contributed by atoms with van der Waals surface area (Å²) in [6.07, 6.45) is 0.